The number of hydrogen-bond acceptors (Lipinski definition) is 1. The molecule has 7 aromatic carbocycles. The standard InChI is InChI=1S/C43H27N3/c1-2-10-33(11-3-1)46-39-22-17-28-8-4-7-13-35(28)41(39)42-36-20-16-30-24-25-45(43(30)37(36)21-23-40(42)46)32-18-14-29(15-19-32)38-27-44-26-31-9-5-6-12-34(31)38/h1-27H. The van der Waals surface area contributed by atoms with E-state index in [0.29, 0.717) is 0 Å². The van der Waals surface area contributed by atoms with Crippen LogP contribution in [0.4, 0.5) is 0 Å². The van der Waals surface area contributed by atoms with Crippen molar-refractivity contribution < 1.29 is 0 Å². The first-order valence-corrected chi connectivity index (χ1v) is 15.7. The highest BCUT2D eigenvalue weighted by Gasteiger charge is 2.19. The summed E-state index contributed by atoms with van der Waals surface area (Å²) in [4.78, 5) is 4.52. The number of fused-ring (bicyclic) bond motifs is 10. The average molecular weight is 586 g/mol. The molecule has 0 unspecified atom stereocenters. The van der Waals surface area contributed by atoms with Crippen molar-refractivity contribution in [2.24, 2.45) is 0 Å². The van der Waals surface area contributed by atoms with Crippen LogP contribution in [-0.2, 0) is 0 Å². The van der Waals surface area contributed by atoms with Crippen LogP contribution >= 0.6 is 0 Å². The summed E-state index contributed by atoms with van der Waals surface area (Å²) < 4.78 is 4.75. The molecule has 3 heteroatoms. The Morgan fingerprint density at radius 3 is 1.93 bits per heavy atom. The number of hydrogen-bond donors (Lipinski definition) is 0. The Morgan fingerprint density at radius 1 is 0.413 bits per heavy atom. The van der Waals surface area contributed by atoms with Crippen molar-refractivity contribution in [3.8, 4) is 22.5 Å². The van der Waals surface area contributed by atoms with E-state index in [4.69, 9.17) is 0 Å². The maximum Gasteiger partial charge on any atom is 0.0607 e. The zero-order valence-corrected chi connectivity index (χ0v) is 24.9. The molecule has 0 fully saturated rings. The molecule has 0 N–H and O–H groups in total. The summed E-state index contributed by atoms with van der Waals surface area (Å²) in [7, 11) is 0. The molecule has 3 aromatic heterocycles. The van der Waals surface area contributed by atoms with E-state index in [1.807, 2.05) is 12.4 Å². The Labute approximate surface area is 265 Å². The number of benzene rings is 7. The Hall–Kier alpha value is -6.19. The third-order valence-electron chi connectivity index (χ3n) is 9.60. The van der Waals surface area contributed by atoms with Gasteiger partial charge in [0.15, 0.2) is 0 Å². The maximum absolute atomic E-state index is 4.52. The monoisotopic (exact) mass is 585 g/mol. The highest BCUT2D eigenvalue weighted by atomic mass is 15.0. The minimum absolute atomic E-state index is 1.14. The molecule has 10 aromatic rings. The minimum atomic E-state index is 1.14. The normalized spacial score (nSPS) is 11.9. The molecule has 0 atom stereocenters. The quantitative estimate of drug-likeness (QED) is 0.202. The lowest BCUT2D eigenvalue weighted by Gasteiger charge is -2.12. The maximum atomic E-state index is 4.52. The van der Waals surface area contributed by atoms with Gasteiger partial charge in [0.2, 0.25) is 0 Å². The Morgan fingerprint density at radius 2 is 1.09 bits per heavy atom. The first-order valence-electron chi connectivity index (χ1n) is 15.7. The van der Waals surface area contributed by atoms with Crippen LogP contribution in [0.3, 0.4) is 0 Å². The Balaban J connectivity index is 1.23. The van der Waals surface area contributed by atoms with Gasteiger partial charge in [-0.25, -0.2) is 0 Å². The first-order chi connectivity index (χ1) is 22.8. The van der Waals surface area contributed by atoms with E-state index in [1.54, 1.807) is 0 Å². The van der Waals surface area contributed by atoms with Crippen molar-refractivity contribution >= 4 is 65.0 Å². The van der Waals surface area contributed by atoms with E-state index in [1.165, 1.54) is 65.3 Å². The van der Waals surface area contributed by atoms with E-state index in [0.717, 1.165) is 22.2 Å². The van der Waals surface area contributed by atoms with Gasteiger partial charge in [-0.15, -0.1) is 0 Å². The summed E-state index contributed by atoms with van der Waals surface area (Å²) in [5, 5.41) is 11.2. The van der Waals surface area contributed by atoms with Crippen molar-refractivity contribution in [1.82, 2.24) is 14.1 Å². The predicted molar refractivity (Wildman–Crippen MR) is 193 cm³/mol. The van der Waals surface area contributed by atoms with Gasteiger partial charge in [-0.2, -0.15) is 0 Å². The number of pyridine rings is 1. The largest absolute Gasteiger partial charge is 0.316 e. The predicted octanol–water partition coefficient (Wildman–Crippen LogP) is 11.2. The van der Waals surface area contributed by atoms with Gasteiger partial charge in [0.05, 0.1) is 16.6 Å². The molecule has 0 aliphatic carbocycles. The van der Waals surface area contributed by atoms with Crippen molar-refractivity contribution in [2.75, 3.05) is 0 Å². The van der Waals surface area contributed by atoms with Crippen LogP contribution in [-0.4, -0.2) is 14.1 Å². The lowest BCUT2D eigenvalue weighted by molar-refractivity contribution is 1.13. The second-order valence-corrected chi connectivity index (χ2v) is 12.1. The number of nitrogens with zero attached hydrogens (tertiary/aromatic N) is 3. The Kier molecular flexibility index (Phi) is 5.28. The topological polar surface area (TPSA) is 22.8 Å². The van der Waals surface area contributed by atoms with E-state index in [-0.39, 0.29) is 0 Å². The number of rotatable bonds is 3. The molecule has 0 saturated carbocycles. The summed E-state index contributed by atoms with van der Waals surface area (Å²) in [5.74, 6) is 0. The molecule has 0 aliphatic heterocycles. The summed E-state index contributed by atoms with van der Waals surface area (Å²) in [6, 6.07) is 52.8. The molecular weight excluding hydrogens is 558 g/mol. The summed E-state index contributed by atoms with van der Waals surface area (Å²) >= 11 is 0. The molecule has 0 amide bonds. The van der Waals surface area contributed by atoms with Crippen molar-refractivity contribution in [2.45, 2.75) is 0 Å². The fourth-order valence-corrected chi connectivity index (χ4v) is 7.53. The highest BCUT2D eigenvalue weighted by Crippen LogP contribution is 2.42. The van der Waals surface area contributed by atoms with Crippen LogP contribution in [0.25, 0.3) is 87.5 Å². The summed E-state index contributed by atoms with van der Waals surface area (Å²) in [5.41, 5.74) is 8.28. The second kappa shape index (κ2) is 9.65. The zero-order valence-electron chi connectivity index (χ0n) is 24.9. The minimum Gasteiger partial charge on any atom is -0.316 e. The first kappa shape index (κ1) is 25.2. The highest BCUT2D eigenvalue weighted by molar-refractivity contribution is 6.30. The molecule has 46 heavy (non-hydrogen) atoms. The van der Waals surface area contributed by atoms with E-state index < -0.39 is 0 Å². The van der Waals surface area contributed by atoms with Crippen molar-refractivity contribution in [1.29, 1.82) is 0 Å². The number of para-hydroxylation sites is 1. The third-order valence-corrected chi connectivity index (χ3v) is 9.60. The average Bonchev–Trinajstić information content (AvgIpc) is 3.72. The molecule has 0 radical (unpaired) electrons. The smallest absolute Gasteiger partial charge is 0.0607 e. The van der Waals surface area contributed by atoms with Gasteiger partial charge in [0, 0.05) is 62.5 Å². The Bertz CT molecular complexity index is 2780. The molecule has 3 nitrogen and oxygen atoms in total. The lowest BCUT2D eigenvalue weighted by Crippen LogP contribution is -1.94. The zero-order chi connectivity index (χ0) is 30.2. The third kappa shape index (κ3) is 3.57. The molecule has 0 saturated heterocycles. The van der Waals surface area contributed by atoms with Gasteiger partial charge in [0.25, 0.3) is 0 Å². The fraction of sp³-hybridized carbons (Fsp3) is 0. The van der Waals surface area contributed by atoms with Gasteiger partial charge >= 0.3 is 0 Å². The molecule has 0 aliphatic rings. The SMILES string of the molecule is c1ccc(-n2c3ccc4ccccc4c3c3c4ccc5ccn(-c6ccc(-c7cncc8ccccc78)cc6)c5c4ccc32)cc1. The number of aromatic nitrogens is 3. The van der Waals surface area contributed by atoms with Crippen LogP contribution in [0, 0.1) is 0 Å². The molecule has 3 heterocycles. The van der Waals surface area contributed by atoms with Crippen LogP contribution in [0.1, 0.15) is 0 Å². The van der Waals surface area contributed by atoms with Crippen molar-refractivity contribution in [3.05, 3.63) is 164 Å². The second-order valence-electron chi connectivity index (χ2n) is 12.1. The summed E-state index contributed by atoms with van der Waals surface area (Å²) in [6.45, 7) is 0. The van der Waals surface area contributed by atoms with Gasteiger partial charge < -0.3 is 9.13 Å². The molecule has 0 bridgehead atoms. The molecular formula is C43H27N3. The van der Waals surface area contributed by atoms with E-state index >= 15 is 0 Å². The van der Waals surface area contributed by atoms with Crippen LogP contribution in [0.5, 0.6) is 0 Å². The van der Waals surface area contributed by atoms with Gasteiger partial charge in [-0.3, -0.25) is 4.98 Å². The summed E-state index contributed by atoms with van der Waals surface area (Å²) in [6.07, 6.45) is 6.10. The van der Waals surface area contributed by atoms with Gasteiger partial charge in [0.1, 0.15) is 0 Å². The lowest BCUT2D eigenvalue weighted by atomic mass is 9.98. The fourth-order valence-electron chi connectivity index (χ4n) is 7.53. The van der Waals surface area contributed by atoms with E-state index in [2.05, 4.69) is 166 Å². The molecule has 10 rings (SSSR count). The van der Waals surface area contributed by atoms with Gasteiger partial charge in [-0.05, 0) is 69.6 Å². The van der Waals surface area contributed by atoms with Crippen LogP contribution in [0.2, 0.25) is 0 Å². The van der Waals surface area contributed by atoms with Crippen molar-refractivity contribution in [3.63, 3.8) is 0 Å². The molecule has 214 valence electrons. The van der Waals surface area contributed by atoms with Gasteiger partial charge in [-0.1, -0.05) is 103 Å². The van der Waals surface area contributed by atoms with Crippen LogP contribution in [0.15, 0.2) is 164 Å². The van der Waals surface area contributed by atoms with E-state index in [9.17, 15) is 0 Å². The molecule has 0 spiro atoms. The van der Waals surface area contributed by atoms with Crippen LogP contribution < -0.4 is 0 Å².